The quantitative estimate of drug-likeness (QED) is 0.382. The lowest BCUT2D eigenvalue weighted by molar-refractivity contribution is -0.131. The molecule has 2 N–H and O–H groups in total. The van der Waals surface area contributed by atoms with Gasteiger partial charge in [0.15, 0.2) is 0 Å². The number of aromatic hydroxyl groups is 1. The van der Waals surface area contributed by atoms with Crippen molar-refractivity contribution >= 4 is 11.6 Å². The van der Waals surface area contributed by atoms with E-state index in [0.717, 1.165) is 5.56 Å². The zero-order chi connectivity index (χ0) is 25.3. The van der Waals surface area contributed by atoms with E-state index in [-0.39, 0.29) is 40.7 Å². The van der Waals surface area contributed by atoms with Gasteiger partial charge >= 0.3 is 0 Å². The molecule has 1 heterocycles. The van der Waals surface area contributed by atoms with Crippen LogP contribution in [0.5, 0.6) is 5.75 Å². The first kappa shape index (κ1) is 24.9. The largest absolute Gasteiger partial charge is 0.508 e. The Kier molecular flexibility index (Phi) is 6.95. The molecule has 3 aromatic rings. The highest BCUT2D eigenvalue weighted by Gasteiger charge is 2.48. The van der Waals surface area contributed by atoms with Crippen LogP contribution in [-0.4, -0.2) is 16.1 Å². The summed E-state index contributed by atoms with van der Waals surface area (Å²) in [6.07, 6.45) is 0.483. The van der Waals surface area contributed by atoms with Crippen molar-refractivity contribution in [2.45, 2.75) is 52.2 Å². The molecule has 184 valence electrons. The van der Waals surface area contributed by atoms with Crippen LogP contribution in [0, 0.1) is 23.0 Å². The second-order valence-corrected chi connectivity index (χ2v) is 10.5. The number of benzene rings is 3. The number of rotatable bonds is 7. The van der Waals surface area contributed by atoms with Gasteiger partial charge in [-0.15, -0.1) is 0 Å². The van der Waals surface area contributed by atoms with Crippen LogP contribution in [0.1, 0.15) is 62.4 Å². The third-order valence-electron chi connectivity index (χ3n) is 6.48. The van der Waals surface area contributed by atoms with E-state index in [9.17, 15) is 23.8 Å². The van der Waals surface area contributed by atoms with Gasteiger partial charge < -0.3 is 15.1 Å². The summed E-state index contributed by atoms with van der Waals surface area (Å²) in [4.78, 5) is 14.8. The number of nitrogens with zero attached hydrogens (tertiary/aromatic N) is 1. The second-order valence-electron chi connectivity index (χ2n) is 10.5. The van der Waals surface area contributed by atoms with Crippen LogP contribution in [-0.2, 0) is 11.2 Å². The number of hydrogen-bond donors (Lipinski definition) is 2. The summed E-state index contributed by atoms with van der Waals surface area (Å²) >= 11 is 0. The molecule has 4 rings (SSSR count). The molecule has 0 radical (unpaired) electrons. The van der Waals surface area contributed by atoms with Gasteiger partial charge in [0, 0.05) is 5.69 Å². The Morgan fingerprint density at radius 2 is 1.63 bits per heavy atom. The highest BCUT2D eigenvalue weighted by Crippen LogP contribution is 2.46. The van der Waals surface area contributed by atoms with Gasteiger partial charge in [-0.25, -0.2) is 8.78 Å². The van der Waals surface area contributed by atoms with E-state index in [1.54, 1.807) is 53.4 Å². The first-order valence-electron chi connectivity index (χ1n) is 11.9. The number of carbonyl (C=O) groups excluding carboxylic acids is 1. The summed E-state index contributed by atoms with van der Waals surface area (Å²) in [6, 6.07) is 16.9. The maximum Gasteiger partial charge on any atom is 0.233 e. The average Bonchev–Trinajstić information content (AvgIpc) is 2.80. The molecule has 6 heteroatoms. The van der Waals surface area contributed by atoms with Crippen molar-refractivity contribution in [3.63, 3.8) is 0 Å². The van der Waals surface area contributed by atoms with Crippen molar-refractivity contribution in [2.75, 3.05) is 4.90 Å². The summed E-state index contributed by atoms with van der Waals surface area (Å²) in [5, 5.41) is 20.6. The Labute approximate surface area is 204 Å². The smallest absolute Gasteiger partial charge is 0.233 e. The van der Waals surface area contributed by atoms with Crippen molar-refractivity contribution in [2.24, 2.45) is 11.3 Å². The maximum absolute atomic E-state index is 14.3. The van der Waals surface area contributed by atoms with E-state index in [4.69, 9.17) is 0 Å². The number of hydrogen-bond acceptors (Lipinski definition) is 3. The lowest BCUT2D eigenvalue weighted by Crippen LogP contribution is -2.55. The highest BCUT2D eigenvalue weighted by molar-refractivity contribution is 6.03. The number of amides is 1. The number of carbonyl (C=O) groups is 1. The van der Waals surface area contributed by atoms with Gasteiger partial charge in [-0.2, -0.15) is 0 Å². The van der Waals surface area contributed by atoms with Crippen molar-refractivity contribution in [1.82, 2.24) is 0 Å². The average molecular weight is 480 g/mol. The van der Waals surface area contributed by atoms with Gasteiger partial charge in [0.2, 0.25) is 5.91 Å². The molecular formula is C29H31F2NO3. The molecular weight excluding hydrogens is 448 g/mol. The molecule has 1 amide bonds. The normalized spacial score (nSPS) is 18.9. The van der Waals surface area contributed by atoms with E-state index >= 15 is 0 Å². The van der Waals surface area contributed by atoms with Crippen molar-refractivity contribution < 1.29 is 23.8 Å². The summed E-state index contributed by atoms with van der Waals surface area (Å²) in [6.45, 7) is 6.11. The fourth-order valence-corrected chi connectivity index (χ4v) is 4.79. The maximum atomic E-state index is 14.3. The predicted octanol–water partition coefficient (Wildman–Crippen LogP) is 6.48. The van der Waals surface area contributed by atoms with Crippen molar-refractivity contribution in [1.29, 1.82) is 0 Å². The molecule has 4 nitrogen and oxygen atoms in total. The molecule has 35 heavy (non-hydrogen) atoms. The Morgan fingerprint density at radius 1 is 0.971 bits per heavy atom. The monoisotopic (exact) mass is 479 g/mol. The molecule has 0 aromatic heterocycles. The number of anilines is 1. The number of aliphatic hydroxyl groups is 1. The summed E-state index contributed by atoms with van der Waals surface area (Å²) in [7, 11) is 0. The lowest BCUT2D eigenvalue weighted by Gasteiger charge is -2.48. The van der Waals surface area contributed by atoms with Crippen LogP contribution >= 0.6 is 0 Å². The number of aliphatic hydroxyl groups excluding tert-OH is 1. The second kappa shape index (κ2) is 9.78. The van der Waals surface area contributed by atoms with Gasteiger partial charge in [-0.1, -0.05) is 45.0 Å². The SMILES string of the molecule is CC(C)(C)Cc1cc(C(O)CCC2C(=O)N(c3ccc(F)cc3)C2c2ccc(O)cc2)ccc1F. The number of phenolic OH excluding ortho intramolecular Hbond substituents is 1. The molecule has 1 aliphatic rings. The van der Waals surface area contributed by atoms with Gasteiger partial charge in [0.25, 0.3) is 0 Å². The predicted molar refractivity (Wildman–Crippen MR) is 132 cm³/mol. The minimum absolute atomic E-state index is 0.0933. The van der Waals surface area contributed by atoms with E-state index in [1.165, 1.54) is 18.2 Å². The molecule has 1 saturated heterocycles. The van der Waals surface area contributed by atoms with E-state index in [0.29, 0.717) is 36.1 Å². The number of phenols is 1. The van der Waals surface area contributed by atoms with E-state index in [2.05, 4.69) is 0 Å². The first-order chi connectivity index (χ1) is 16.5. The van der Waals surface area contributed by atoms with Gasteiger partial charge in [-0.3, -0.25) is 4.79 Å². The summed E-state index contributed by atoms with van der Waals surface area (Å²) in [5.74, 6) is -1.02. The van der Waals surface area contributed by atoms with Crippen LogP contribution in [0.25, 0.3) is 0 Å². The Hall–Kier alpha value is -3.25. The minimum atomic E-state index is -0.831. The molecule has 0 saturated carbocycles. The molecule has 0 bridgehead atoms. The van der Waals surface area contributed by atoms with Crippen molar-refractivity contribution in [3.8, 4) is 5.75 Å². The molecule has 0 spiro atoms. The Morgan fingerprint density at radius 3 is 2.26 bits per heavy atom. The number of halogens is 2. The molecule has 1 aliphatic heterocycles. The van der Waals surface area contributed by atoms with Crippen LogP contribution < -0.4 is 4.90 Å². The van der Waals surface area contributed by atoms with E-state index < -0.39 is 6.10 Å². The van der Waals surface area contributed by atoms with Gasteiger partial charge in [0.05, 0.1) is 18.1 Å². The van der Waals surface area contributed by atoms with Crippen LogP contribution in [0.15, 0.2) is 66.7 Å². The standard InChI is InChI=1S/C29H31F2NO3/c1-29(2,3)17-20-16-19(6-14-25(20)31)26(34)15-13-24-27(18-4-11-23(33)12-5-18)32(28(24)35)22-9-7-21(30)8-10-22/h4-12,14,16,24,26-27,33-34H,13,15,17H2,1-3H3. The van der Waals surface area contributed by atoms with Gasteiger partial charge in [-0.05, 0) is 83.8 Å². The molecule has 0 aliphatic carbocycles. The van der Waals surface area contributed by atoms with Crippen LogP contribution in [0.3, 0.4) is 0 Å². The lowest BCUT2D eigenvalue weighted by atomic mass is 9.78. The molecule has 3 unspecified atom stereocenters. The Bertz CT molecular complexity index is 1190. The van der Waals surface area contributed by atoms with Crippen LogP contribution in [0.2, 0.25) is 0 Å². The van der Waals surface area contributed by atoms with E-state index in [1.807, 2.05) is 20.8 Å². The fourth-order valence-electron chi connectivity index (χ4n) is 4.79. The zero-order valence-electron chi connectivity index (χ0n) is 20.2. The highest BCUT2D eigenvalue weighted by atomic mass is 19.1. The molecule has 1 fully saturated rings. The first-order valence-corrected chi connectivity index (χ1v) is 11.9. The third kappa shape index (κ3) is 5.54. The fraction of sp³-hybridized carbons (Fsp3) is 0.345. The summed E-state index contributed by atoms with van der Waals surface area (Å²) in [5.41, 5.74) is 2.55. The van der Waals surface area contributed by atoms with Crippen molar-refractivity contribution in [3.05, 3.63) is 95.1 Å². The summed E-state index contributed by atoms with van der Waals surface area (Å²) < 4.78 is 27.8. The number of β-lactam (4-membered cyclic amide) rings is 1. The zero-order valence-corrected chi connectivity index (χ0v) is 20.2. The Balaban J connectivity index is 1.52. The minimum Gasteiger partial charge on any atom is -0.508 e. The third-order valence-corrected chi connectivity index (χ3v) is 6.48. The van der Waals surface area contributed by atoms with Gasteiger partial charge in [0.1, 0.15) is 17.4 Å². The van der Waals surface area contributed by atoms with Crippen LogP contribution in [0.4, 0.5) is 14.5 Å². The molecule has 3 aromatic carbocycles. The molecule has 3 atom stereocenters. The topological polar surface area (TPSA) is 60.8 Å².